The summed E-state index contributed by atoms with van der Waals surface area (Å²) in [6.07, 6.45) is 4.46. The van der Waals surface area contributed by atoms with Gasteiger partial charge in [-0.05, 0) is 20.3 Å². The normalized spacial score (nSPS) is 14.2. The molecule has 0 aliphatic carbocycles. The third kappa shape index (κ3) is 5.72. The van der Waals surface area contributed by atoms with E-state index in [0.717, 1.165) is 18.9 Å². The maximum Gasteiger partial charge on any atom is 0.202 e. The molecule has 0 heterocycles. The molecule has 0 bridgehead atoms. The lowest BCUT2D eigenvalue weighted by Gasteiger charge is -2.27. The minimum absolute atomic E-state index is 0.0566. The molecule has 1 atom stereocenters. The van der Waals surface area contributed by atoms with E-state index in [2.05, 4.69) is 4.99 Å². The lowest BCUT2D eigenvalue weighted by molar-refractivity contribution is 0.177. The van der Waals surface area contributed by atoms with E-state index in [1.807, 2.05) is 31.9 Å². The standard InChI is InChI=1S/C11H24N4O/c1-5-7-13-11(15(4)9-16)14(3)8-6-10(2)12/h5,7,10,16H,6,8-9,12H2,1-4H3/b7-5+,13-11?. The minimum Gasteiger partial charge on any atom is -0.376 e. The van der Waals surface area contributed by atoms with Crippen LogP contribution in [0.15, 0.2) is 17.3 Å². The summed E-state index contributed by atoms with van der Waals surface area (Å²) in [4.78, 5) is 7.95. The van der Waals surface area contributed by atoms with Crippen molar-refractivity contribution in [3.8, 4) is 0 Å². The first-order valence-corrected chi connectivity index (χ1v) is 5.50. The second-order valence-corrected chi connectivity index (χ2v) is 3.94. The molecule has 16 heavy (non-hydrogen) atoms. The number of aliphatic hydroxyl groups is 1. The Morgan fingerprint density at radius 3 is 2.50 bits per heavy atom. The van der Waals surface area contributed by atoms with E-state index in [-0.39, 0.29) is 12.8 Å². The quantitative estimate of drug-likeness (QED) is 0.407. The lowest BCUT2D eigenvalue weighted by atomic mass is 10.2. The number of nitrogens with zero attached hydrogens (tertiary/aromatic N) is 3. The van der Waals surface area contributed by atoms with Crippen molar-refractivity contribution in [3.63, 3.8) is 0 Å². The molecule has 0 saturated heterocycles. The summed E-state index contributed by atoms with van der Waals surface area (Å²) >= 11 is 0. The molecule has 0 radical (unpaired) electrons. The number of allylic oxidation sites excluding steroid dienone is 1. The molecule has 0 spiro atoms. The molecule has 0 amide bonds. The summed E-state index contributed by atoms with van der Waals surface area (Å²) < 4.78 is 0. The largest absolute Gasteiger partial charge is 0.376 e. The molecule has 1 unspecified atom stereocenters. The average molecular weight is 228 g/mol. The second kappa shape index (κ2) is 8.13. The van der Waals surface area contributed by atoms with Gasteiger partial charge in [0.25, 0.3) is 0 Å². The van der Waals surface area contributed by atoms with Crippen LogP contribution in [0.5, 0.6) is 0 Å². The molecule has 0 aromatic rings. The van der Waals surface area contributed by atoms with Crippen molar-refractivity contribution in [2.45, 2.75) is 26.3 Å². The summed E-state index contributed by atoms with van der Waals surface area (Å²) in [6, 6.07) is 0.171. The van der Waals surface area contributed by atoms with Gasteiger partial charge in [-0.1, -0.05) is 6.08 Å². The van der Waals surface area contributed by atoms with Gasteiger partial charge in [0.05, 0.1) is 0 Å². The SMILES string of the molecule is C/C=C/N=C(N(C)CO)N(C)CCC(C)N. The van der Waals surface area contributed by atoms with Crippen molar-refractivity contribution in [1.29, 1.82) is 0 Å². The molecule has 3 N–H and O–H groups in total. The van der Waals surface area contributed by atoms with Crippen LogP contribution in [0.3, 0.4) is 0 Å². The second-order valence-electron chi connectivity index (χ2n) is 3.94. The maximum atomic E-state index is 9.10. The molecule has 0 aromatic carbocycles. The molecule has 5 nitrogen and oxygen atoms in total. The van der Waals surface area contributed by atoms with Gasteiger partial charge in [0.2, 0.25) is 5.96 Å². The highest BCUT2D eigenvalue weighted by Gasteiger charge is 2.10. The van der Waals surface area contributed by atoms with Crippen LogP contribution in [0, 0.1) is 0 Å². The van der Waals surface area contributed by atoms with Crippen LogP contribution < -0.4 is 5.73 Å². The van der Waals surface area contributed by atoms with Gasteiger partial charge in [0.1, 0.15) is 6.73 Å². The Morgan fingerprint density at radius 1 is 1.44 bits per heavy atom. The van der Waals surface area contributed by atoms with Gasteiger partial charge in [0, 0.05) is 32.9 Å². The first kappa shape index (κ1) is 14.9. The van der Waals surface area contributed by atoms with Gasteiger partial charge >= 0.3 is 0 Å². The van der Waals surface area contributed by atoms with Crippen LogP contribution in [-0.2, 0) is 0 Å². The molecule has 0 saturated carbocycles. The summed E-state index contributed by atoms with van der Waals surface area (Å²) in [7, 11) is 3.74. The van der Waals surface area contributed by atoms with Crippen molar-refractivity contribution < 1.29 is 5.11 Å². The Morgan fingerprint density at radius 2 is 2.06 bits per heavy atom. The topological polar surface area (TPSA) is 65.1 Å². The number of rotatable bonds is 5. The van der Waals surface area contributed by atoms with Crippen LogP contribution in [0.4, 0.5) is 0 Å². The fraction of sp³-hybridized carbons (Fsp3) is 0.727. The highest BCUT2D eigenvalue weighted by Crippen LogP contribution is 1.98. The van der Waals surface area contributed by atoms with Crippen molar-refractivity contribution in [3.05, 3.63) is 12.3 Å². The number of guanidine groups is 1. The third-order valence-corrected chi connectivity index (χ3v) is 2.15. The Labute approximate surface area is 98.2 Å². The van der Waals surface area contributed by atoms with Crippen LogP contribution in [0.2, 0.25) is 0 Å². The summed E-state index contributed by atoms with van der Waals surface area (Å²) in [5.74, 6) is 0.737. The fourth-order valence-corrected chi connectivity index (χ4v) is 1.19. The van der Waals surface area contributed by atoms with E-state index in [1.54, 1.807) is 18.1 Å². The van der Waals surface area contributed by atoms with Gasteiger partial charge in [-0.2, -0.15) is 0 Å². The van der Waals surface area contributed by atoms with E-state index < -0.39 is 0 Å². The molecule has 0 rings (SSSR count). The Kier molecular flexibility index (Phi) is 7.58. The van der Waals surface area contributed by atoms with E-state index in [9.17, 15) is 0 Å². The van der Waals surface area contributed by atoms with Crippen molar-refractivity contribution >= 4 is 5.96 Å². The molecular formula is C11H24N4O. The molecular weight excluding hydrogens is 204 g/mol. The number of hydrogen-bond acceptors (Lipinski definition) is 3. The molecule has 94 valence electrons. The average Bonchev–Trinajstić information content (AvgIpc) is 2.26. The molecule has 5 heteroatoms. The van der Waals surface area contributed by atoms with Crippen LogP contribution >= 0.6 is 0 Å². The van der Waals surface area contributed by atoms with Crippen molar-refractivity contribution in [1.82, 2.24) is 9.80 Å². The zero-order valence-corrected chi connectivity index (χ0v) is 10.7. The van der Waals surface area contributed by atoms with Crippen LogP contribution in [0.1, 0.15) is 20.3 Å². The Balaban J connectivity index is 4.50. The predicted molar refractivity (Wildman–Crippen MR) is 68.0 cm³/mol. The predicted octanol–water partition coefficient (Wildman–Crippen LogP) is 0.427. The van der Waals surface area contributed by atoms with Gasteiger partial charge in [-0.15, -0.1) is 0 Å². The highest BCUT2D eigenvalue weighted by atomic mass is 16.3. The van der Waals surface area contributed by atoms with E-state index in [0.29, 0.717) is 0 Å². The fourth-order valence-electron chi connectivity index (χ4n) is 1.19. The third-order valence-electron chi connectivity index (χ3n) is 2.15. The number of aliphatic hydroxyl groups excluding tert-OH is 1. The van der Waals surface area contributed by atoms with Crippen molar-refractivity contribution in [2.24, 2.45) is 10.7 Å². The zero-order valence-electron chi connectivity index (χ0n) is 10.7. The van der Waals surface area contributed by atoms with Crippen LogP contribution in [-0.4, -0.2) is 54.3 Å². The van der Waals surface area contributed by atoms with E-state index in [1.165, 1.54) is 0 Å². The van der Waals surface area contributed by atoms with E-state index >= 15 is 0 Å². The molecule has 0 aliphatic rings. The monoisotopic (exact) mass is 228 g/mol. The Bertz CT molecular complexity index is 238. The van der Waals surface area contributed by atoms with Crippen molar-refractivity contribution in [2.75, 3.05) is 27.4 Å². The summed E-state index contributed by atoms with van der Waals surface area (Å²) in [6.45, 7) is 4.64. The minimum atomic E-state index is -0.0566. The summed E-state index contributed by atoms with van der Waals surface area (Å²) in [5.41, 5.74) is 5.71. The van der Waals surface area contributed by atoms with E-state index in [4.69, 9.17) is 10.8 Å². The van der Waals surface area contributed by atoms with Gasteiger partial charge in [-0.25, -0.2) is 4.99 Å². The molecule has 0 aromatic heterocycles. The number of hydrogen-bond donors (Lipinski definition) is 2. The highest BCUT2D eigenvalue weighted by molar-refractivity contribution is 5.80. The maximum absolute atomic E-state index is 9.10. The molecule has 0 fully saturated rings. The number of nitrogens with two attached hydrogens (primary N) is 1. The molecule has 0 aliphatic heterocycles. The van der Waals surface area contributed by atoms with Gasteiger partial charge in [-0.3, -0.25) is 0 Å². The van der Waals surface area contributed by atoms with Gasteiger partial charge < -0.3 is 20.6 Å². The first-order valence-electron chi connectivity index (χ1n) is 5.50. The number of aliphatic imine (C=N–C) groups is 1. The summed E-state index contributed by atoms with van der Waals surface area (Å²) in [5, 5.41) is 9.10. The Hall–Kier alpha value is -1.07. The lowest BCUT2D eigenvalue weighted by Crippen LogP contribution is -2.42. The van der Waals surface area contributed by atoms with Gasteiger partial charge in [0.15, 0.2) is 0 Å². The van der Waals surface area contributed by atoms with Crippen LogP contribution in [0.25, 0.3) is 0 Å². The zero-order chi connectivity index (χ0) is 12.6. The first-order chi connectivity index (χ1) is 7.52. The smallest absolute Gasteiger partial charge is 0.202 e.